The monoisotopic (exact) mass is 370 g/mol. The second kappa shape index (κ2) is 7.17. The minimum Gasteiger partial charge on any atom is -0.445 e. The van der Waals surface area contributed by atoms with E-state index in [4.69, 9.17) is 4.74 Å². The van der Waals surface area contributed by atoms with E-state index in [2.05, 4.69) is 5.32 Å². The van der Waals surface area contributed by atoms with Gasteiger partial charge < -0.3 is 15.0 Å². The smallest absolute Gasteiger partial charge is 0.410 e. The molecule has 0 aromatic heterocycles. The predicted octanol–water partition coefficient (Wildman–Crippen LogP) is 3.25. The van der Waals surface area contributed by atoms with E-state index in [1.54, 1.807) is 0 Å². The Morgan fingerprint density at radius 1 is 1.15 bits per heavy atom. The molecule has 1 heterocycles. The van der Waals surface area contributed by atoms with E-state index in [1.165, 1.54) is 4.90 Å². The molecule has 0 unspecified atom stereocenters. The van der Waals surface area contributed by atoms with Crippen molar-refractivity contribution in [3.8, 4) is 0 Å². The molecule has 1 saturated heterocycles. The summed E-state index contributed by atoms with van der Waals surface area (Å²) in [6.45, 7) is 0.449. The molecule has 1 saturated carbocycles. The van der Waals surface area contributed by atoms with Gasteiger partial charge in [-0.05, 0) is 18.4 Å². The SMILES string of the molecule is O=C(OCc1ccccc1)N1CC(NC(=O)C2(C(F)(F)F)CCCC2)C1. The molecule has 2 amide bonds. The third kappa shape index (κ3) is 3.64. The second-order valence-electron chi connectivity index (χ2n) is 6.90. The zero-order chi connectivity index (χ0) is 18.8. The molecule has 3 rings (SSSR count). The van der Waals surface area contributed by atoms with Crippen molar-refractivity contribution < 1.29 is 27.5 Å². The first-order chi connectivity index (χ1) is 12.3. The number of rotatable bonds is 4. The molecule has 142 valence electrons. The Hall–Kier alpha value is -2.25. The van der Waals surface area contributed by atoms with E-state index in [9.17, 15) is 22.8 Å². The van der Waals surface area contributed by atoms with Gasteiger partial charge in [-0.3, -0.25) is 4.79 Å². The van der Waals surface area contributed by atoms with Gasteiger partial charge in [-0.1, -0.05) is 43.2 Å². The number of likely N-dealkylation sites (tertiary alicyclic amines) is 1. The summed E-state index contributed by atoms with van der Waals surface area (Å²) in [6.07, 6.45) is -4.63. The van der Waals surface area contributed by atoms with Crippen molar-refractivity contribution in [1.29, 1.82) is 0 Å². The summed E-state index contributed by atoms with van der Waals surface area (Å²) in [7, 11) is 0. The molecule has 2 aliphatic rings. The molecule has 1 aromatic rings. The number of halogens is 3. The van der Waals surface area contributed by atoms with Gasteiger partial charge in [0.15, 0.2) is 0 Å². The highest BCUT2D eigenvalue weighted by atomic mass is 19.4. The highest BCUT2D eigenvalue weighted by Crippen LogP contribution is 2.50. The van der Waals surface area contributed by atoms with Gasteiger partial charge >= 0.3 is 12.3 Å². The number of benzene rings is 1. The summed E-state index contributed by atoms with van der Waals surface area (Å²) in [4.78, 5) is 25.5. The molecule has 5 nitrogen and oxygen atoms in total. The quantitative estimate of drug-likeness (QED) is 0.885. The Bertz CT molecular complexity index is 651. The van der Waals surface area contributed by atoms with Crippen molar-refractivity contribution in [3.63, 3.8) is 0 Å². The van der Waals surface area contributed by atoms with Crippen LogP contribution in [-0.2, 0) is 16.1 Å². The van der Waals surface area contributed by atoms with Gasteiger partial charge in [0.2, 0.25) is 5.91 Å². The van der Waals surface area contributed by atoms with Gasteiger partial charge in [0.05, 0.1) is 6.04 Å². The topological polar surface area (TPSA) is 58.6 Å². The average molecular weight is 370 g/mol. The molecule has 1 aliphatic heterocycles. The minimum absolute atomic E-state index is 0.129. The van der Waals surface area contributed by atoms with Crippen LogP contribution in [0.2, 0.25) is 0 Å². The Morgan fingerprint density at radius 2 is 1.77 bits per heavy atom. The van der Waals surface area contributed by atoms with E-state index in [-0.39, 0.29) is 32.5 Å². The molecule has 2 fully saturated rings. The van der Waals surface area contributed by atoms with E-state index >= 15 is 0 Å². The second-order valence-corrected chi connectivity index (χ2v) is 6.90. The van der Waals surface area contributed by atoms with Crippen LogP contribution in [0.4, 0.5) is 18.0 Å². The van der Waals surface area contributed by atoms with Crippen LogP contribution in [0, 0.1) is 5.41 Å². The summed E-state index contributed by atoms with van der Waals surface area (Å²) in [5.74, 6) is -0.968. The fourth-order valence-electron chi connectivity index (χ4n) is 3.47. The number of ether oxygens (including phenoxy) is 1. The van der Waals surface area contributed by atoms with E-state index in [0.29, 0.717) is 12.8 Å². The van der Waals surface area contributed by atoms with Gasteiger partial charge in [-0.15, -0.1) is 0 Å². The molecule has 0 spiro atoms. The number of nitrogens with zero attached hydrogens (tertiary/aromatic N) is 1. The van der Waals surface area contributed by atoms with Crippen LogP contribution in [0.3, 0.4) is 0 Å². The average Bonchev–Trinajstić information content (AvgIpc) is 3.07. The van der Waals surface area contributed by atoms with Gasteiger partial charge in [-0.25, -0.2) is 4.79 Å². The van der Waals surface area contributed by atoms with Gasteiger partial charge in [0.1, 0.15) is 12.0 Å². The van der Waals surface area contributed by atoms with Crippen molar-refractivity contribution in [3.05, 3.63) is 35.9 Å². The minimum atomic E-state index is -4.55. The van der Waals surface area contributed by atoms with E-state index < -0.39 is 29.6 Å². The molecule has 0 atom stereocenters. The highest BCUT2D eigenvalue weighted by Gasteiger charge is 2.61. The summed E-state index contributed by atoms with van der Waals surface area (Å²) in [5.41, 5.74) is -1.43. The molecule has 1 aliphatic carbocycles. The van der Waals surface area contributed by atoms with E-state index in [1.807, 2.05) is 30.3 Å². The lowest BCUT2D eigenvalue weighted by molar-refractivity contribution is -0.220. The molecule has 0 radical (unpaired) electrons. The third-order valence-corrected chi connectivity index (χ3v) is 5.11. The molecule has 1 N–H and O–H groups in total. The molecular formula is C18H21F3N2O3. The van der Waals surface area contributed by atoms with Crippen LogP contribution in [0.5, 0.6) is 0 Å². The van der Waals surface area contributed by atoms with Gasteiger partial charge in [-0.2, -0.15) is 13.2 Å². The lowest BCUT2D eigenvalue weighted by atomic mass is 9.83. The summed E-state index contributed by atoms with van der Waals surface area (Å²) in [5, 5.41) is 2.46. The predicted molar refractivity (Wildman–Crippen MR) is 87.1 cm³/mol. The van der Waals surface area contributed by atoms with Crippen LogP contribution in [-0.4, -0.2) is 42.2 Å². The van der Waals surface area contributed by atoms with Crippen molar-refractivity contribution >= 4 is 12.0 Å². The Balaban J connectivity index is 1.46. The lowest BCUT2D eigenvalue weighted by Crippen LogP contribution is -2.63. The maximum Gasteiger partial charge on any atom is 0.410 e. The largest absolute Gasteiger partial charge is 0.445 e. The fraction of sp³-hybridized carbons (Fsp3) is 0.556. The zero-order valence-electron chi connectivity index (χ0n) is 14.2. The number of hydrogen-bond acceptors (Lipinski definition) is 3. The van der Waals surface area contributed by atoms with Crippen molar-refractivity contribution in [1.82, 2.24) is 10.2 Å². The first-order valence-corrected chi connectivity index (χ1v) is 8.65. The summed E-state index contributed by atoms with van der Waals surface area (Å²) in [6, 6.07) is 8.70. The molecule has 0 bridgehead atoms. The maximum absolute atomic E-state index is 13.4. The number of alkyl halides is 3. The fourth-order valence-corrected chi connectivity index (χ4v) is 3.47. The number of nitrogens with one attached hydrogen (secondary N) is 1. The van der Waals surface area contributed by atoms with Crippen molar-refractivity contribution in [2.75, 3.05) is 13.1 Å². The Kier molecular flexibility index (Phi) is 5.11. The third-order valence-electron chi connectivity index (χ3n) is 5.11. The molecule has 26 heavy (non-hydrogen) atoms. The van der Waals surface area contributed by atoms with Gasteiger partial charge in [0.25, 0.3) is 0 Å². The van der Waals surface area contributed by atoms with Crippen LogP contribution >= 0.6 is 0 Å². The lowest BCUT2D eigenvalue weighted by Gasteiger charge is -2.40. The zero-order valence-corrected chi connectivity index (χ0v) is 14.2. The Morgan fingerprint density at radius 3 is 2.35 bits per heavy atom. The summed E-state index contributed by atoms with van der Waals surface area (Å²) >= 11 is 0. The number of amides is 2. The molecule has 1 aromatic carbocycles. The maximum atomic E-state index is 13.4. The van der Waals surface area contributed by atoms with Crippen LogP contribution in [0.25, 0.3) is 0 Å². The first-order valence-electron chi connectivity index (χ1n) is 8.65. The van der Waals surface area contributed by atoms with E-state index in [0.717, 1.165) is 5.56 Å². The van der Waals surface area contributed by atoms with Crippen molar-refractivity contribution in [2.45, 2.75) is 44.5 Å². The number of carbonyl (C=O) groups excluding carboxylic acids is 2. The summed E-state index contributed by atoms with van der Waals surface area (Å²) < 4.78 is 45.2. The van der Waals surface area contributed by atoms with Crippen LogP contribution in [0.15, 0.2) is 30.3 Å². The standard InChI is InChI=1S/C18H21F3N2O3/c19-18(20,21)17(8-4-5-9-17)15(24)22-14-10-23(11-14)16(25)26-12-13-6-2-1-3-7-13/h1-3,6-7,14H,4-5,8-12H2,(H,22,24). The number of carbonyl (C=O) groups is 2. The highest BCUT2D eigenvalue weighted by molar-refractivity contribution is 5.84. The Labute approximate surface area is 149 Å². The first kappa shape index (κ1) is 18.5. The van der Waals surface area contributed by atoms with Crippen LogP contribution < -0.4 is 5.32 Å². The number of hydrogen-bond donors (Lipinski definition) is 1. The van der Waals surface area contributed by atoms with Crippen LogP contribution in [0.1, 0.15) is 31.2 Å². The molecular weight excluding hydrogens is 349 g/mol. The van der Waals surface area contributed by atoms with Gasteiger partial charge in [0, 0.05) is 13.1 Å². The van der Waals surface area contributed by atoms with Crippen molar-refractivity contribution in [2.24, 2.45) is 5.41 Å². The molecule has 8 heteroatoms. The normalized spacial score (nSPS) is 19.7.